The Balaban J connectivity index is 1.64. The third-order valence-electron chi connectivity index (χ3n) is 5.81. The van der Waals surface area contributed by atoms with Crippen LogP contribution < -0.4 is 14.5 Å². The van der Waals surface area contributed by atoms with E-state index >= 15 is 0 Å². The first kappa shape index (κ1) is 23.1. The molecule has 168 valence electrons. The van der Waals surface area contributed by atoms with Crippen molar-refractivity contribution in [1.82, 2.24) is 5.32 Å². The quantitative estimate of drug-likeness (QED) is 0.675. The Morgan fingerprint density at radius 3 is 2.13 bits per heavy atom. The fourth-order valence-electron chi connectivity index (χ4n) is 4.00. The van der Waals surface area contributed by atoms with Crippen LogP contribution in [0.5, 0.6) is 0 Å². The molecule has 6 nitrogen and oxygen atoms in total. The highest BCUT2D eigenvalue weighted by Crippen LogP contribution is 2.22. The van der Waals surface area contributed by atoms with E-state index in [0.717, 1.165) is 36.9 Å². The Labute approximate surface area is 186 Å². The normalized spacial score (nSPS) is 15.4. The molecule has 0 spiro atoms. The van der Waals surface area contributed by atoms with Crippen LogP contribution in [0.25, 0.3) is 0 Å². The zero-order valence-corrected chi connectivity index (χ0v) is 19.5. The maximum atomic E-state index is 12.8. The van der Waals surface area contributed by atoms with Crippen molar-refractivity contribution < 1.29 is 13.2 Å². The van der Waals surface area contributed by atoms with E-state index in [1.807, 2.05) is 31.2 Å². The standard InChI is InChI=1S/C24H33N3O3S/c1-4-20-8-14-23(15-9-20)27(31(3,29)30)19(2)24(28)25-18-21-10-12-22(13-11-21)26-16-6-5-7-17-26/h8-15,19H,4-7,16-18H2,1-3H3,(H,25,28)/t19-/m0/s1. The van der Waals surface area contributed by atoms with Gasteiger partial charge in [-0.3, -0.25) is 9.10 Å². The molecule has 7 heteroatoms. The van der Waals surface area contributed by atoms with Crippen molar-refractivity contribution >= 4 is 27.3 Å². The van der Waals surface area contributed by atoms with Crippen molar-refractivity contribution in [1.29, 1.82) is 0 Å². The lowest BCUT2D eigenvalue weighted by Crippen LogP contribution is -2.47. The van der Waals surface area contributed by atoms with Gasteiger partial charge in [0.15, 0.2) is 0 Å². The summed E-state index contributed by atoms with van der Waals surface area (Å²) < 4.78 is 26.1. The molecule has 0 bridgehead atoms. The van der Waals surface area contributed by atoms with E-state index in [4.69, 9.17) is 0 Å². The highest BCUT2D eigenvalue weighted by molar-refractivity contribution is 7.92. The number of nitrogens with zero attached hydrogens (tertiary/aromatic N) is 2. The first-order valence-electron chi connectivity index (χ1n) is 11.0. The van der Waals surface area contributed by atoms with Crippen LogP contribution in [0.2, 0.25) is 0 Å². The summed E-state index contributed by atoms with van der Waals surface area (Å²) >= 11 is 0. The lowest BCUT2D eigenvalue weighted by molar-refractivity contribution is -0.122. The van der Waals surface area contributed by atoms with Gasteiger partial charge < -0.3 is 10.2 Å². The summed E-state index contributed by atoms with van der Waals surface area (Å²) in [4.78, 5) is 15.2. The molecule has 1 aliphatic rings. The number of anilines is 2. The molecule has 2 aromatic rings. The Hall–Kier alpha value is -2.54. The number of rotatable bonds is 8. The van der Waals surface area contributed by atoms with Gasteiger partial charge in [0.1, 0.15) is 6.04 Å². The fraction of sp³-hybridized carbons (Fsp3) is 0.458. The molecule has 2 aromatic carbocycles. The van der Waals surface area contributed by atoms with Crippen molar-refractivity contribution in [3.05, 3.63) is 59.7 Å². The average molecular weight is 444 g/mol. The summed E-state index contributed by atoms with van der Waals surface area (Å²) in [5.41, 5.74) is 3.80. The van der Waals surface area contributed by atoms with Gasteiger partial charge in [-0.25, -0.2) is 8.42 Å². The monoisotopic (exact) mass is 443 g/mol. The van der Waals surface area contributed by atoms with Gasteiger partial charge in [-0.15, -0.1) is 0 Å². The van der Waals surface area contributed by atoms with Gasteiger partial charge in [0.25, 0.3) is 0 Å². The zero-order valence-electron chi connectivity index (χ0n) is 18.7. The molecule has 1 aliphatic heterocycles. The second-order valence-electron chi connectivity index (χ2n) is 8.19. The number of piperidine rings is 1. The summed E-state index contributed by atoms with van der Waals surface area (Å²) in [5, 5.41) is 2.88. The Morgan fingerprint density at radius 2 is 1.58 bits per heavy atom. The summed E-state index contributed by atoms with van der Waals surface area (Å²) in [6.07, 6.45) is 5.75. The lowest BCUT2D eigenvalue weighted by Gasteiger charge is -2.29. The summed E-state index contributed by atoms with van der Waals surface area (Å²) in [6, 6.07) is 14.7. The van der Waals surface area contributed by atoms with Crippen molar-refractivity contribution in [3.63, 3.8) is 0 Å². The summed E-state index contributed by atoms with van der Waals surface area (Å²) in [6.45, 7) is 6.19. The first-order chi connectivity index (χ1) is 14.8. The molecule has 3 rings (SSSR count). The molecular formula is C24H33N3O3S. The molecule has 0 unspecified atom stereocenters. The van der Waals surface area contributed by atoms with Crippen molar-refractivity contribution in [2.24, 2.45) is 0 Å². The van der Waals surface area contributed by atoms with Crippen LogP contribution in [0.4, 0.5) is 11.4 Å². The van der Waals surface area contributed by atoms with E-state index in [0.29, 0.717) is 12.2 Å². The number of amides is 1. The molecule has 0 saturated carbocycles. The van der Waals surface area contributed by atoms with Crippen molar-refractivity contribution in [2.45, 2.75) is 52.1 Å². The van der Waals surface area contributed by atoms with Gasteiger partial charge in [-0.2, -0.15) is 0 Å². The summed E-state index contributed by atoms with van der Waals surface area (Å²) in [5.74, 6) is -0.329. The van der Waals surface area contributed by atoms with Gasteiger partial charge in [0, 0.05) is 25.3 Å². The second-order valence-corrected chi connectivity index (χ2v) is 10.0. The number of nitrogens with one attached hydrogen (secondary N) is 1. The van der Waals surface area contributed by atoms with Crippen LogP contribution in [0.1, 0.15) is 44.2 Å². The number of benzene rings is 2. The molecule has 0 aliphatic carbocycles. The first-order valence-corrected chi connectivity index (χ1v) is 12.8. The van der Waals surface area contributed by atoms with Gasteiger partial charge in [0.05, 0.1) is 11.9 Å². The largest absolute Gasteiger partial charge is 0.372 e. The Morgan fingerprint density at radius 1 is 1.00 bits per heavy atom. The van der Waals surface area contributed by atoms with E-state index in [2.05, 4.69) is 22.3 Å². The van der Waals surface area contributed by atoms with Crippen LogP contribution in [-0.2, 0) is 27.8 Å². The van der Waals surface area contributed by atoms with E-state index in [1.54, 1.807) is 19.1 Å². The third kappa shape index (κ3) is 6.00. The van der Waals surface area contributed by atoms with Gasteiger partial charge in [-0.05, 0) is 68.0 Å². The fourth-order valence-corrected chi connectivity index (χ4v) is 5.18. The number of carbonyl (C=O) groups is 1. The van der Waals surface area contributed by atoms with Gasteiger partial charge >= 0.3 is 0 Å². The molecule has 1 fully saturated rings. The third-order valence-corrected chi connectivity index (χ3v) is 7.05. The van der Waals surface area contributed by atoms with E-state index < -0.39 is 16.1 Å². The number of aryl methyl sites for hydroxylation is 1. The van der Waals surface area contributed by atoms with Crippen LogP contribution in [0, 0.1) is 0 Å². The average Bonchev–Trinajstić information content (AvgIpc) is 2.78. The minimum absolute atomic E-state index is 0.329. The lowest BCUT2D eigenvalue weighted by atomic mass is 10.1. The Bertz CT molecular complexity index is 966. The molecule has 0 radical (unpaired) electrons. The molecule has 1 saturated heterocycles. The van der Waals surface area contributed by atoms with Gasteiger partial charge in [0.2, 0.25) is 15.9 Å². The maximum Gasteiger partial charge on any atom is 0.243 e. The van der Waals surface area contributed by atoms with Crippen LogP contribution in [-0.4, -0.2) is 39.7 Å². The molecule has 1 atom stereocenters. The molecule has 31 heavy (non-hydrogen) atoms. The second kappa shape index (κ2) is 10.2. The number of sulfonamides is 1. The minimum atomic E-state index is -3.62. The van der Waals surface area contributed by atoms with E-state index in [9.17, 15) is 13.2 Å². The molecule has 1 amide bonds. The zero-order chi connectivity index (χ0) is 22.4. The summed E-state index contributed by atoms with van der Waals surface area (Å²) in [7, 11) is -3.62. The van der Waals surface area contributed by atoms with Crippen LogP contribution in [0.3, 0.4) is 0 Å². The molecule has 1 heterocycles. The maximum absolute atomic E-state index is 12.8. The molecular weight excluding hydrogens is 410 g/mol. The smallest absolute Gasteiger partial charge is 0.243 e. The molecule has 1 N–H and O–H groups in total. The molecule has 0 aromatic heterocycles. The van der Waals surface area contributed by atoms with Crippen molar-refractivity contribution in [3.8, 4) is 0 Å². The topological polar surface area (TPSA) is 69.7 Å². The van der Waals surface area contributed by atoms with E-state index in [-0.39, 0.29) is 5.91 Å². The highest BCUT2D eigenvalue weighted by atomic mass is 32.2. The predicted molar refractivity (Wildman–Crippen MR) is 127 cm³/mol. The number of hydrogen-bond donors (Lipinski definition) is 1. The van der Waals surface area contributed by atoms with Crippen molar-refractivity contribution in [2.75, 3.05) is 28.6 Å². The predicted octanol–water partition coefficient (Wildman–Crippen LogP) is 3.71. The van der Waals surface area contributed by atoms with Gasteiger partial charge in [-0.1, -0.05) is 31.2 Å². The highest BCUT2D eigenvalue weighted by Gasteiger charge is 2.29. The van der Waals surface area contributed by atoms with Crippen LogP contribution >= 0.6 is 0 Å². The SMILES string of the molecule is CCc1ccc(N([C@@H](C)C(=O)NCc2ccc(N3CCCCC3)cc2)S(C)(=O)=O)cc1. The minimum Gasteiger partial charge on any atom is -0.372 e. The number of hydrogen-bond acceptors (Lipinski definition) is 4. The number of carbonyl (C=O) groups excluding carboxylic acids is 1. The Kier molecular flexibility index (Phi) is 7.59. The van der Waals surface area contributed by atoms with E-state index in [1.165, 1.54) is 29.3 Å². The van der Waals surface area contributed by atoms with Crippen LogP contribution in [0.15, 0.2) is 48.5 Å².